The second-order valence-electron chi connectivity index (χ2n) is 4.94. The molecule has 0 heterocycles. The summed E-state index contributed by atoms with van der Waals surface area (Å²) in [5.41, 5.74) is 0.686. The van der Waals surface area contributed by atoms with Crippen molar-refractivity contribution in [1.29, 1.82) is 0 Å². The van der Waals surface area contributed by atoms with Crippen LogP contribution in [0.25, 0.3) is 0 Å². The fraction of sp³-hybridized carbons (Fsp3) is 1.00. The predicted molar refractivity (Wildman–Crippen MR) is 60.2 cm³/mol. The molecule has 2 saturated carbocycles. The van der Waals surface area contributed by atoms with Crippen molar-refractivity contribution in [3.8, 4) is 0 Å². The largest absolute Gasteiger partial charge is 0.319 e. The third-order valence-electron chi connectivity index (χ3n) is 3.85. The third kappa shape index (κ3) is 2.04. The number of hydrogen-bond acceptors (Lipinski definition) is 2. The van der Waals surface area contributed by atoms with Gasteiger partial charge in [-0.2, -0.15) is 11.8 Å². The van der Waals surface area contributed by atoms with E-state index in [1.54, 1.807) is 6.42 Å². The van der Waals surface area contributed by atoms with E-state index >= 15 is 0 Å². The van der Waals surface area contributed by atoms with Gasteiger partial charge in [-0.05, 0) is 62.0 Å². The maximum Gasteiger partial charge on any atom is 0.000531 e. The Balaban J connectivity index is 1.87. The van der Waals surface area contributed by atoms with Crippen molar-refractivity contribution in [1.82, 2.24) is 5.32 Å². The highest BCUT2D eigenvalue weighted by atomic mass is 32.2. The Morgan fingerprint density at radius 2 is 2.08 bits per heavy atom. The highest BCUT2D eigenvalue weighted by Crippen LogP contribution is 2.60. The van der Waals surface area contributed by atoms with Crippen molar-refractivity contribution < 1.29 is 0 Å². The van der Waals surface area contributed by atoms with Gasteiger partial charge in [-0.3, -0.25) is 0 Å². The van der Waals surface area contributed by atoms with E-state index in [0.717, 1.165) is 11.8 Å². The van der Waals surface area contributed by atoms with Crippen LogP contribution in [0, 0.1) is 17.3 Å². The summed E-state index contributed by atoms with van der Waals surface area (Å²) in [7, 11) is 2.10. The van der Waals surface area contributed by atoms with E-state index in [1.165, 1.54) is 31.6 Å². The lowest BCUT2D eigenvalue weighted by atomic mass is 9.80. The fourth-order valence-corrected chi connectivity index (χ4v) is 3.77. The molecule has 2 aliphatic rings. The van der Waals surface area contributed by atoms with Crippen molar-refractivity contribution in [2.45, 2.75) is 25.7 Å². The molecule has 0 aliphatic heterocycles. The van der Waals surface area contributed by atoms with Crippen LogP contribution in [-0.4, -0.2) is 25.6 Å². The summed E-state index contributed by atoms with van der Waals surface area (Å²) < 4.78 is 0. The van der Waals surface area contributed by atoms with E-state index in [0.29, 0.717) is 5.41 Å². The standard InChI is InChI=1S/C11H21NS/c1-12-8-11(3-4-13-2)6-9-5-10(9)7-11/h9-10,12H,3-8H2,1-2H3. The monoisotopic (exact) mass is 199 g/mol. The molecule has 0 bridgehead atoms. The summed E-state index contributed by atoms with van der Waals surface area (Å²) in [4.78, 5) is 0. The van der Waals surface area contributed by atoms with E-state index in [-0.39, 0.29) is 0 Å². The molecule has 0 aromatic carbocycles. The van der Waals surface area contributed by atoms with Gasteiger partial charge in [0, 0.05) is 6.54 Å². The second-order valence-corrected chi connectivity index (χ2v) is 5.92. The fourth-order valence-electron chi connectivity index (χ4n) is 3.14. The molecule has 2 unspecified atom stereocenters. The van der Waals surface area contributed by atoms with Crippen molar-refractivity contribution in [3.05, 3.63) is 0 Å². The van der Waals surface area contributed by atoms with Crippen molar-refractivity contribution in [2.75, 3.05) is 25.6 Å². The third-order valence-corrected chi connectivity index (χ3v) is 4.46. The van der Waals surface area contributed by atoms with Gasteiger partial charge in [-0.25, -0.2) is 0 Å². The average molecular weight is 199 g/mol. The molecule has 2 fully saturated rings. The summed E-state index contributed by atoms with van der Waals surface area (Å²) >= 11 is 2.00. The van der Waals surface area contributed by atoms with Crippen LogP contribution in [0.4, 0.5) is 0 Å². The summed E-state index contributed by atoms with van der Waals surface area (Å²) in [5.74, 6) is 3.59. The zero-order chi connectivity index (χ0) is 9.31. The molecule has 76 valence electrons. The van der Waals surface area contributed by atoms with Gasteiger partial charge < -0.3 is 5.32 Å². The molecule has 2 aliphatic carbocycles. The molecule has 13 heavy (non-hydrogen) atoms. The Hall–Kier alpha value is 0.310. The minimum absolute atomic E-state index is 0.686. The molecule has 2 heteroatoms. The Bertz CT molecular complexity index is 171. The molecule has 0 amide bonds. The van der Waals surface area contributed by atoms with Gasteiger partial charge >= 0.3 is 0 Å². The van der Waals surface area contributed by atoms with Crippen LogP contribution < -0.4 is 5.32 Å². The maximum absolute atomic E-state index is 3.39. The first-order valence-electron chi connectivity index (χ1n) is 5.43. The Kier molecular flexibility index (Phi) is 2.89. The number of hydrogen-bond donors (Lipinski definition) is 1. The van der Waals surface area contributed by atoms with Gasteiger partial charge in [0.15, 0.2) is 0 Å². The maximum atomic E-state index is 3.39. The molecule has 0 aromatic heterocycles. The highest BCUT2D eigenvalue weighted by Gasteiger charge is 2.52. The minimum Gasteiger partial charge on any atom is -0.319 e. The van der Waals surface area contributed by atoms with Crippen molar-refractivity contribution in [3.63, 3.8) is 0 Å². The summed E-state index contributed by atoms with van der Waals surface area (Å²) in [5, 5.41) is 3.39. The van der Waals surface area contributed by atoms with Crippen LogP contribution in [0.3, 0.4) is 0 Å². The molecule has 0 radical (unpaired) electrons. The van der Waals surface area contributed by atoms with Gasteiger partial charge in [0.2, 0.25) is 0 Å². The number of rotatable bonds is 5. The molecule has 1 N–H and O–H groups in total. The number of fused-ring (bicyclic) bond motifs is 1. The van der Waals surface area contributed by atoms with Crippen molar-refractivity contribution >= 4 is 11.8 Å². The van der Waals surface area contributed by atoms with E-state index < -0.39 is 0 Å². The highest BCUT2D eigenvalue weighted by molar-refractivity contribution is 7.98. The number of nitrogens with one attached hydrogen (secondary N) is 1. The van der Waals surface area contributed by atoms with Crippen LogP contribution in [0.15, 0.2) is 0 Å². The molecule has 2 rings (SSSR count). The molecule has 1 nitrogen and oxygen atoms in total. The average Bonchev–Trinajstić information content (AvgIpc) is 2.73. The van der Waals surface area contributed by atoms with Crippen molar-refractivity contribution in [2.24, 2.45) is 17.3 Å². The van der Waals surface area contributed by atoms with E-state index in [4.69, 9.17) is 0 Å². The second kappa shape index (κ2) is 3.82. The quantitative estimate of drug-likeness (QED) is 0.729. The van der Waals surface area contributed by atoms with Gasteiger partial charge in [-0.15, -0.1) is 0 Å². The Morgan fingerprint density at radius 3 is 2.62 bits per heavy atom. The zero-order valence-corrected chi connectivity index (χ0v) is 9.62. The van der Waals surface area contributed by atoms with Crippen LogP contribution in [0.2, 0.25) is 0 Å². The van der Waals surface area contributed by atoms with Gasteiger partial charge in [0.05, 0.1) is 0 Å². The Labute approximate surface area is 86.0 Å². The lowest BCUT2D eigenvalue weighted by Gasteiger charge is -2.30. The molecular formula is C11H21NS. The van der Waals surface area contributed by atoms with E-state index in [2.05, 4.69) is 18.6 Å². The first-order chi connectivity index (χ1) is 6.29. The number of thioether (sulfide) groups is 1. The molecule has 0 saturated heterocycles. The van der Waals surface area contributed by atoms with Crippen LogP contribution in [0.5, 0.6) is 0 Å². The molecule has 2 atom stereocenters. The SMILES string of the molecule is CNCC1(CCSC)CC2CC2C1. The van der Waals surface area contributed by atoms with Crippen LogP contribution in [0.1, 0.15) is 25.7 Å². The van der Waals surface area contributed by atoms with E-state index in [9.17, 15) is 0 Å². The van der Waals surface area contributed by atoms with E-state index in [1.807, 2.05) is 11.8 Å². The predicted octanol–water partition coefficient (Wildman–Crippen LogP) is 2.38. The van der Waals surface area contributed by atoms with Gasteiger partial charge in [0.25, 0.3) is 0 Å². The summed E-state index contributed by atoms with van der Waals surface area (Å²) in [6, 6.07) is 0. The normalized spacial score (nSPS) is 42.0. The molecular weight excluding hydrogens is 178 g/mol. The first kappa shape index (κ1) is 9.85. The smallest absolute Gasteiger partial charge is 0.000531 e. The molecule has 0 aromatic rings. The van der Waals surface area contributed by atoms with Gasteiger partial charge in [0.1, 0.15) is 0 Å². The summed E-state index contributed by atoms with van der Waals surface area (Å²) in [6.07, 6.45) is 8.23. The Morgan fingerprint density at radius 1 is 1.38 bits per heavy atom. The first-order valence-corrected chi connectivity index (χ1v) is 6.82. The lowest BCUT2D eigenvalue weighted by molar-refractivity contribution is 0.249. The summed E-state index contributed by atoms with van der Waals surface area (Å²) in [6.45, 7) is 1.25. The lowest BCUT2D eigenvalue weighted by Crippen LogP contribution is -2.31. The zero-order valence-electron chi connectivity index (χ0n) is 8.81. The van der Waals surface area contributed by atoms with Crippen LogP contribution >= 0.6 is 11.8 Å². The minimum atomic E-state index is 0.686. The van der Waals surface area contributed by atoms with Gasteiger partial charge in [-0.1, -0.05) is 0 Å². The molecule has 0 spiro atoms. The topological polar surface area (TPSA) is 12.0 Å². The van der Waals surface area contributed by atoms with Crippen LogP contribution in [-0.2, 0) is 0 Å².